The van der Waals surface area contributed by atoms with Crippen molar-refractivity contribution < 1.29 is 0 Å². The van der Waals surface area contributed by atoms with Crippen molar-refractivity contribution in [3.05, 3.63) is 22.1 Å². The molecule has 3 N–H and O–H groups in total. The first-order valence-electron chi connectivity index (χ1n) is 5.34. The van der Waals surface area contributed by atoms with E-state index in [1.165, 1.54) is 12.8 Å². The zero-order valence-electron chi connectivity index (χ0n) is 8.70. The fourth-order valence-electron chi connectivity index (χ4n) is 1.84. The third-order valence-electron chi connectivity index (χ3n) is 2.68. The molecule has 82 valence electrons. The van der Waals surface area contributed by atoms with Crippen molar-refractivity contribution in [2.75, 3.05) is 24.5 Å². The van der Waals surface area contributed by atoms with Crippen LogP contribution < -0.4 is 16.2 Å². The predicted molar refractivity (Wildman–Crippen MR) is 59.1 cm³/mol. The molecule has 1 saturated heterocycles. The molecule has 15 heavy (non-hydrogen) atoms. The molecule has 0 saturated carbocycles. The number of hydrogen-bond acceptors (Lipinski definition) is 4. The second-order valence-electron chi connectivity index (χ2n) is 3.79. The average molecular weight is 208 g/mol. The summed E-state index contributed by atoms with van der Waals surface area (Å²) in [5.74, 6) is 0.693. The highest BCUT2D eigenvalue weighted by Gasteiger charge is 2.14. The van der Waals surface area contributed by atoms with E-state index in [-0.39, 0.29) is 5.56 Å². The zero-order valence-corrected chi connectivity index (χ0v) is 8.70. The van der Waals surface area contributed by atoms with Crippen LogP contribution in [0.2, 0.25) is 0 Å². The molecule has 0 aliphatic carbocycles. The van der Waals surface area contributed by atoms with Gasteiger partial charge in [0.25, 0.3) is 5.56 Å². The Balaban J connectivity index is 2.20. The SMILES string of the molecule is NCCc1cnc(N2CCCC2)[nH]c1=O. The van der Waals surface area contributed by atoms with E-state index in [9.17, 15) is 4.79 Å². The number of nitrogens with one attached hydrogen (secondary N) is 1. The minimum atomic E-state index is -0.0580. The molecule has 0 bridgehead atoms. The molecule has 0 atom stereocenters. The summed E-state index contributed by atoms with van der Waals surface area (Å²) in [6, 6.07) is 0. The van der Waals surface area contributed by atoms with Crippen molar-refractivity contribution in [3.8, 4) is 0 Å². The lowest BCUT2D eigenvalue weighted by Crippen LogP contribution is -2.25. The molecule has 1 aromatic heterocycles. The predicted octanol–water partition coefficient (Wildman–Crippen LogP) is -0.129. The van der Waals surface area contributed by atoms with Crippen LogP contribution >= 0.6 is 0 Å². The largest absolute Gasteiger partial charge is 0.342 e. The second kappa shape index (κ2) is 4.44. The maximum Gasteiger partial charge on any atom is 0.255 e. The standard InChI is InChI=1S/C10H16N4O/c11-4-3-8-7-12-10(13-9(8)15)14-5-1-2-6-14/h7H,1-6,11H2,(H,12,13,15). The van der Waals surface area contributed by atoms with Gasteiger partial charge in [0.15, 0.2) is 0 Å². The third-order valence-corrected chi connectivity index (χ3v) is 2.68. The Labute approximate surface area is 88.3 Å². The van der Waals surface area contributed by atoms with Crippen LogP contribution in [0.3, 0.4) is 0 Å². The molecule has 2 rings (SSSR count). The molecule has 5 nitrogen and oxygen atoms in total. The quantitative estimate of drug-likeness (QED) is 0.725. The monoisotopic (exact) mass is 208 g/mol. The van der Waals surface area contributed by atoms with Crippen LogP contribution in [0.25, 0.3) is 0 Å². The van der Waals surface area contributed by atoms with E-state index in [2.05, 4.69) is 14.9 Å². The van der Waals surface area contributed by atoms with Crippen LogP contribution in [-0.4, -0.2) is 29.6 Å². The summed E-state index contributed by atoms with van der Waals surface area (Å²) >= 11 is 0. The Kier molecular flexibility index (Phi) is 3.01. The minimum Gasteiger partial charge on any atom is -0.342 e. The maximum absolute atomic E-state index is 11.6. The van der Waals surface area contributed by atoms with E-state index in [0.717, 1.165) is 13.1 Å². The Hall–Kier alpha value is -1.36. The van der Waals surface area contributed by atoms with Crippen LogP contribution in [0.5, 0.6) is 0 Å². The first-order valence-corrected chi connectivity index (χ1v) is 5.34. The number of nitrogens with zero attached hydrogens (tertiary/aromatic N) is 2. The van der Waals surface area contributed by atoms with E-state index in [1.807, 2.05) is 0 Å². The van der Waals surface area contributed by atoms with Gasteiger partial charge < -0.3 is 10.6 Å². The average Bonchev–Trinajstić information content (AvgIpc) is 2.74. The fraction of sp³-hybridized carbons (Fsp3) is 0.600. The number of aromatic amines is 1. The summed E-state index contributed by atoms with van der Waals surface area (Å²) < 4.78 is 0. The van der Waals surface area contributed by atoms with Gasteiger partial charge in [-0.3, -0.25) is 9.78 Å². The van der Waals surface area contributed by atoms with Gasteiger partial charge in [-0.25, -0.2) is 4.98 Å². The topological polar surface area (TPSA) is 75.0 Å². The number of H-pyrrole nitrogens is 1. The molecular weight excluding hydrogens is 192 g/mol. The number of nitrogens with two attached hydrogens (primary N) is 1. The molecule has 1 aliphatic heterocycles. The minimum absolute atomic E-state index is 0.0580. The molecule has 0 radical (unpaired) electrons. The highest BCUT2D eigenvalue weighted by atomic mass is 16.1. The van der Waals surface area contributed by atoms with Gasteiger partial charge in [0.1, 0.15) is 0 Å². The smallest absolute Gasteiger partial charge is 0.255 e. The molecule has 0 aromatic carbocycles. The van der Waals surface area contributed by atoms with E-state index < -0.39 is 0 Å². The summed E-state index contributed by atoms with van der Waals surface area (Å²) in [6.07, 6.45) is 4.57. The summed E-state index contributed by atoms with van der Waals surface area (Å²) in [6.45, 7) is 2.45. The molecule has 1 aliphatic rings. The highest BCUT2D eigenvalue weighted by molar-refractivity contribution is 5.31. The lowest BCUT2D eigenvalue weighted by molar-refractivity contribution is 0.862. The van der Waals surface area contributed by atoms with Crippen molar-refractivity contribution in [1.82, 2.24) is 9.97 Å². The van der Waals surface area contributed by atoms with E-state index in [0.29, 0.717) is 24.5 Å². The van der Waals surface area contributed by atoms with Gasteiger partial charge in [-0.15, -0.1) is 0 Å². The van der Waals surface area contributed by atoms with Gasteiger partial charge in [-0.1, -0.05) is 0 Å². The van der Waals surface area contributed by atoms with Crippen LogP contribution in [0.1, 0.15) is 18.4 Å². The molecule has 0 unspecified atom stereocenters. The fourth-order valence-corrected chi connectivity index (χ4v) is 1.84. The van der Waals surface area contributed by atoms with E-state index in [1.54, 1.807) is 6.20 Å². The summed E-state index contributed by atoms with van der Waals surface area (Å²) in [5, 5.41) is 0. The van der Waals surface area contributed by atoms with Crippen molar-refractivity contribution >= 4 is 5.95 Å². The summed E-state index contributed by atoms with van der Waals surface area (Å²) in [5.41, 5.74) is 6.01. The molecule has 0 spiro atoms. The number of anilines is 1. The Morgan fingerprint density at radius 3 is 2.80 bits per heavy atom. The number of rotatable bonds is 3. The molecular formula is C10H16N4O. The van der Waals surface area contributed by atoms with Crippen molar-refractivity contribution in [2.45, 2.75) is 19.3 Å². The lowest BCUT2D eigenvalue weighted by atomic mass is 10.2. The third kappa shape index (κ3) is 2.18. The van der Waals surface area contributed by atoms with Crippen molar-refractivity contribution in [2.24, 2.45) is 5.73 Å². The first kappa shape index (κ1) is 10.2. The molecule has 0 amide bonds. The Morgan fingerprint density at radius 1 is 1.47 bits per heavy atom. The Bertz CT molecular complexity index is 381. The van der Waals surface area contributed by atoms with Crippen LogP contribution in [0, 0.1) is 0 Å². The van der Waals surface area contributed by atoms with Crippen LogP contribution in [0.4, 0.5) is 5.95 Å². The first-order chi connectivity index (χ1) is 7.31. The molecule has 2 heterocycles. The Morgan fingerprint density at radius 2 is 2.20 bits per heavy atom. The van der Waals surface area contributed by atoms with Gasteiger partial charge >= 0.3 is 0 Å². The molecule has 1 fully saturated rings. The van der Waals surface area contributed by atoms with Gasteiger partial charge in [0, 0.05) is 24.8 Å². The van der Waals surface area contributed by atoms with Gasteiger partial charge in [0.2, 0.25) is 5.95 Å². The number of hydrogen-bond donors (Lipinski definition) is 2. The van der Waals surface area contributed by atoms with E-state index >= 15 is 0 Å². The van der Waals surface area contributed by atoms with Gasteiger partial charge in [0.05, 0.1) is 0 Å². The highest BCUT2D eigenvalue weighted by Crippen LogP contribution is 2.13. The van der Waals surface area contributed by atoms with Crippen molar-refractivity contribution in [1.29, 1.82) is 0 Å². The number of aromatic nitrogens is 2. The molecule has 5 heteroatoms. The normalized spacial score (nSPS) is 15.9. The molecule has 1 aromatic rings. The van der Waals surface area contributed by atoms with Crippen LogP contribution in [0.15, 0.2) is 11.0 Å². The van der Waals surface area contributed by atoms with Crippen LogP contribution in [-0.2, 0) is 6.42 Å². The van der Waals surface area contributed by atoms with Crippen molar-refractivity contribution in [3.63, 3.8) is 0 Å². The van der Waals surface area contributed by atoms with Gasteiger partial charge in [-0.05, 0) is 25.8 Å². The second-order valence-corrected chi connectivity index (χ2v) is 3.79. The zero-order chi connectivity index (χ0) is 10.7. The lowest BCUT2D eigenvalue weighted by Gasteiger charge is -2.15. The summed E-state index contributed by atoms with van der Waals surface area (Å²) in [7, 11) is 0. The van der Waals surface area contributed by atoms with Gasteiger partial charge in [-0.2, -0.15) is 0 Å². The summed E-state index contributed by atoms with van der Waals surface area (Å²) in [4.78, 5) is 20.8. The maximum atomic E-state index is 11.6. The van der Waals surface area contributed by atoms with E-state index in [4.69, 9.17) is 5.73 Å².